The van der Waals surface area contributed by atoms with Gasteiger partial charge in [-0.15, -0.1) is 0 Å². The Morgan fingerprint density at radius 2 is 2.12 bits per heavy atom. The van der Waals surface area contributed by atoms with Crippen LogP contribution in [0.4, 0.5) is 10.1 Å². The Labute approximate surface area is 96.2 Å². The van der Waals surface area contributed by atoms with Crippen molar-refractivity contribution in [3.63, 3.8) is 0 Å². The molecular formula is C13H19FN2. The number of nitrogens with zero attached hydrogens (tertiary/aromatic N) is 1. The molecule has 1 heterocycles. The first-order valence-corrected chi connectivity index (χ1v) is 5.87. The van der Waals surface area contributed by atoms with Crippen molar-refractivity contribution in [1.82, 2.24) is 0 Å². The first-order chi connectivity index (χ1) is 7.59. The molecule has 0 spiro atoms. The maximum absolute atomic E-state index is 13.2. The van der Waals surface area contributed by atoms with E-state index in [-0.39, 0.29) is 11.9 Å². The molecule has 0 bridgehead atoms. The van der Waals surface area contributed by atoms with Gasteiger partial charge in [-0.05, 0) is 37.5 Å². The Bertz CT molecular complexity index is 367. The van der Waals surface area contributed by atoms with Crippen LogP contribution in [-0.2, 0) is 0 Å². The molecule has 2 nitrogen and oxygen atoms in total. The smallest absolute Gasteiger partial charge is 0.125 e. The van der Waals surface area contributed by atoms with Gasteiger partial charge in [0.15, 0.2) is 0 Å². The number of halogens is 1. The predicted molar refractivity (Wildman–Crippen MR) is 65.0 cm³/mol. The first-order valence-electron chi connectivity index (χ1n) is 5.87. The van der Waals surface area contributed by atoms with Crippen LogP contribution in [0.25, 0.3) is 0 Å². The Kier molecular flexibility index (Phi) is 3.15. The minimum atomic E-state index is -0.174. The van der Waals surface area contributed by atoms with Gasteiger partial charge >= 0.3 is 0 Å². The van der Waals surface area contributed by atoms with Gasteiger partial charge in [-0.3, -0.25) is 0 Å². The Morgan fingerprint density at radius 1 is 1.38 bits per heavy atom. The normalized spacial score (nSPS) is 30.5. The largest absolute Gasteiger partial charge is 0.368 e. The average Bonchev–Trinajstić information content (AvgIpc) is 2.26. The molecule has 0 radical (unpaired) electrons. The summed E-state index contributed by atoms with van der Waals surface area (Å²) in [7, 11) is 0. The molecule has 1 fully saturated rings. The second kappa shape index (κ2) is 4.42. The van der Waals surface area contributed by atoms with Crippen molar-refractivity contribution in [2.75, 3.05) is 11.4 Å². The molecule has 1 aromatic rings. The van der Waals surface area contributed by atoms with E-state index >= 15 is 0 Å². The van der Waals surface area contributed by atoms with Crippen molar-refractivity contribution in [1.29, 1.82) is 0 Å². The highest BCUT2D eigenvalue weighted by atomic mass is 19.1. The molecule has 0 aliphatic carbocycles. The standard InChI is InChI=1S/C13H19FN2/c1-9-10(2)16(7-6-13(9)15)12-5-3-4-11(14)8-12/h3-5,8-10,13H,6-7,15H2,1-2H3. The second-order valence-corrected chi connectivity index (χ2v) is 4.73. The Balaban J connectivity index is 2.21. The lowest BCUT2D eigenvalue weighted by molar-refractivity contribution is 0.315. The number of hydrogen-bond donors (Lipinski definition) is 1. The summed E-state index contributed by atoms with van der Waals surface area (Å²) in [6.07, 6.45) is 0.974. The molecule has 1 aliphatic heterocycles. The van der Waals surface area contributed by atoms with Gasteiger partial charge in [0.05, 0.1) is 0 Å². The number of piperidine rings is 1. The quantitative estimate of drug-likeness (QED) is 0.790. The van der Waals surface area contributed by atoms with Crippen molar-refractivity contribution in [3.05, 3.63) is 30.1 Å². The summed E-state index contributed by atoms with van der Waals surface area (Å²) in [6.45, 7) is 5.24. The third-order valence-electron chi connectivity index (χ3n) is 3.77. The van der Waals surface area contributed by atoms with E-state index < -0.39 is 0 Å². The molecule has 1 aromatic carbocycles. The fourth-order valence-corrected chi connectivity index (χ4v) is 2.42. The summed E-state index contributed by atoms with van der Waals surface area (Å²) < 4.78 is 13.2. The summed E-state index contributed by atoms with van der Waals surface area (Å²) in [6, 6.07) is 7.43. The van der Waals surface area contributed by atoms with Crippen LogP contribution in [0, 0.1) is 11.7 Å². The fourth-order valence-electron chi connectivity index (χ4n) is 2.42. The van der Waals surface area contributed by atoms with Crippen LogP contribution in [0.5, 0.6) is 0 Å². The van der Waals surface area contributed by atoms with E-state index in [1.807, 2.05) is 6.07 Å². The van der Waals surface area contributed by atoms with Crippen LogP contribution in [0.3, 0.4) is 0 Å². The number of benzene rings is 1. The molecular weight excluding hydrogens is 203 g/mol. The SMILES string of the molecule is CC1C(N)CCN(c2cccc(F)c2)C1C. The van der Waals surface area contributed by atoms with Gasteiger partial charge in [-0.25, -0.2) is 4.39 Å². The molecule has 88 valence electrons. The van der Waals surface area contributed by atoms with Crippen LogP contribution in [0.1, 0.15) is 20.3 Å². The maximum atomic E-state index is 13.2. The van der Waals surface area contributed by atoms with Crippen LogP contribution in [-0.4, -0.2) is 18.6 Å². The fraction of sp³-hybridized carbons (Fsp3) is 0.538. The Morgan fingerprint density at radius 3 is 2.81 bits per heavy atom. The van der Waals surface area contributed by atoms with Crippen LogP contribution in [0.2, 0.25) is 0 Å². The molecule has 3 heteroatoms. The number of rotatable bonds is 1. The lowest BCUT2D eigenvalue weighted by atomic mass is 9.87. The number of nitrogens with two attached hydrogens (primary N) is 1. The predicted octanol–water partition coefficient (Wildman–Crippen LogP) is 2.39. The highest BCUT2D eigenvalue weighted by molar-refractivity contribution is 5.48. The van der Waals surface area contributed by atoms with Gasteiger partial charge < -0.3 is 10.6 Å². The van der Waals surface area contributed by atoms with Gasteiger partial charge in [0.1, 0.15) is 5.82 Å². The lowest BCUT2D eigenvalue weighted by Gasteiger charge is -2.42. The zero-order valence-corrected chi connectivity index (χ0v) is 9.86. The molecule has 3 unspecified atom stereocenters. The molecule has 0 amide bonds. The summed E-state index contributed by atoms with van der Waals surface area (Å²) in [5.74, 6) is 0.268. The molecule has 1 aliphatic rings. The highest BCUT2D eigenvalue weighted by Gasteiger charge is 2.30. The maximum Gasteiger partial charge on any atom is 0.125 e. The van der Waals surface area contributed by atoms with E-state index in [1.165, 1.54) is 6.07 Å². The van der Waals surface area contributed by atoms with E-state index in [0.717, 1.165) is 18.7 Å². The third-order valence-corrected chi connectivity index (χ3v) is 3.77. The van der Waals surface area contributed by atoms with Gasteiger partial charge in [0.25, 0.3) is 0 Å². The molecule has 3 atom stereocenters. The second-order valence-electron chi connectivity index (χ2n) is 4.73. The molecule has 2 rings (SSSR count). The summed E-state index contributed by atoms with van der Waals surface area (Å²) in [4.78, 5) is 2.25. The van der Waals surface area contributed by atoms with Crippen molar-refractivity contribution in [2.24, 2.45) is 11.7 Å². The van der Waals surface area contributed by atoms with Gasteiger partial charge in [-0.2, -0.15) is 0 Å². The van der Waals surface area contributed by atoms with Gasteiger partial charge in [-0.1, -0.05) is 13.0 Å². The number of anilines is 1. The minimum Gasteiger partial charge on any atom is -0.368 e. The monoisotopic (exact) mass is 222 g/mol. The van der Waals surface area contributed by atoms with E-state index in [4.69, 9.17) is 5.73 Å². The van der Waals surface area contributed by atoms with Crippen molar-refractivity contribution >= 4 is 5.69 Å². The summed E-state index contributed by atoms with van der Waals surface area (Å²) in [5, 5.41) is 0. The summed E-state index contributed by atoms with van der Waals surface area (Å²) >= 11 is 0. The molecule has 2 N–H and O–H groups in total. The summed E-state index contributed by atoms with van der Waals surface area (Å²) in [5.41, 5.74) is 7.00. The van der Waals surface area contributed by atoms with Crippen molar-refractivity contribution in [2.45, 2.75) is 32.4 Å². The third kappa shape index (κ3) is 2.05. The number of hydrogen-bond acceptors (Lipinski definition) is 2. The zero-order valence-electron chi connectivity index (χ0n) is 9.86. The molecule has 16 heavy (non-hydrogen) atoms. The molecule has 1 saturated heterocycles. The van der Waals surface area contributed by atoms with Gasteiger partial charge in [0, 0.05) is 24.3 Å². The van der Waals surface area contributed by atoms with Crippen LogP contribution in [0.15, 0.2) is 24.3 Å². The first kappa shape index (κ1) is 11.4. The van der Waals surface area contributed by atoms with Crippen LogP contribution < -0.4 is 10.6 Å². The Hall–Kier alpha value is -1.09. The van der Waals surface area contributed by atoms with E-state index in [2.05, 4.69) is 18.7 Å². The topological polar surface area (TPSA) is 29.3 Å². The minimum absolute atomic E-state index is 0.174. The van der Waals surface area contributed by atoms with E-state index in [0.29, 0.717) is 12.0 Å². The molecule has 0 aromatic heterocycles. The van der Waals surface area contributed by atoms with Crippen molar-refractivity contribution < 1.29 is 4.39 Å². The molecule has 0 saturated carbocycles. The van der Waals surface area contributed by atoms with Crippen LogP contribution >= 0.6 is 0 Å². The van der Waals surface area contributed by atoms with Gasteiger partial charge in [0.2, 0.25) is 0 Å². The van der Waals surface area contributed by atoms with E-state index in [1.54, 1.807) is 12.1 Å². The zero-order chi connectivity index (χ0) is 11.7. The lowest BCUT2D eigenvalue weighted by Crippen LogP contribution is -2.51. The average molecular weight is 222 g/mol. The van der Waals surface area contributed by atoms with E-state index in [9.17, 15) is 4.39 Å². The van der Waals surface area contributed by atoms with Crippen molar-refractivity contribution in [3.8, 4) is 0 Å². The highest BCUT2D eigenvalue weighted by Crippen LogP contribution is 2.28.